The molecule has 0 aromatic rings. The summed E-state index contributed by atoms with van der Waals surface area (Å²) in [6, 6.07) is 0. The Hall–Kier alpha value is -0.120. The largest absolute Gasteiger partial charge is 0.377 e. The van der Waals surface area contributed by atoms with Gasteiger partial charge in [-0.2, -0.15) is 0 Å². The fourth-order valence-corrected chi connectivity index (χ4v) is 2.83. The number of ether oxygens (including phenoxy) is 1. The normalized spacial score (nSPS) is 32.6. The Balaban J connectivity index is 1.60. The first-order chi connectivity index (χ1) is 7.40. The predicted octanol–water partition coefficient (Wildman–Crippen LogP) is 1.23. The summed E-state index contributed by atoms with van der Waals surface area (Å²) in [4.78, 5) is 2.51. The lowest BCUT2D eigenvalue weighted by molar-refractivity contribution is 0.0202. The van der Waals surface area contributed by atoms with Gasteiger partial charge in [-0.3, -0.25) is 0 Å². The van der Waals surface area contributed by atoms with Gasteiger partial charge in [-0.1, -0.05) is 6.42 Å². The summed E-state index contributed by atoms with van der Waals surface area (Å²) in [5.74, 6) is 0.628. The fourth-order valence-electron chi connectivity index (χ4n) is 2.83. The molecule has 2 atom stereocenters. The summed E-state index contributed by atoms with van der Waals surface area (Å²) in [6.45, 7) is 5.37. The molecule has 0 bridgehead atoms. The zero-order valence-corrected chi connectivity index (χ0v) is 9.66. The van der Waals surface area contributed by atoms with E-state index in [9.17, 15) is 0 Å². The highest BCUT2D eigenvalue weighted by atomic mass is 16.5. The van der Waals surface area contributed by atoms with E-state index in [0.29, 0.717) is 12.0 Å². The van der Waals surface area contributed by atoms with Crippen LogP contribution < -0.4 is 5.73 Å². The van der Waals surface area contributed by atoms with Crippen LogP contribution in [0.1, 0.15) is 32.1 Å². The molecular formula is C12H24N2O. The molecule has 0 aromatic heterocycles. The average Bonchev–Trinajstić information content (AvgIpc) is 2.88. The molecule has 2 unspecified atom stereocenters. The summed E-state index contributed by atoms with van der Waals surface area (Å²) in [7, 11) is 0. The van der Waals surface area contributed by atoms with Crippen LogP contribution in [0.4, 0.5) is 0 Å². The number of nitrogens with zero attached hydrogens (tertiary/aromatic N) is 1. The third kappa shape index (κ3) is 3.16. The highest BCUT2D eigenvalue weighted by molar-refractivity contribution is 4.79. The molecule has 3 heteroatoms. The number of hydrogen-bond donors (Lipinski definition) is 1. The Morgan fingerprint density at radius 2 is 1.93 bits per heavy atom. The molecule has 0 radical (unpaired) electrons. The molecule has 1 heterocycles. The second kappa shape index (κ2) is 5.83. The zero-order valence-electron chi connectivity index (χ0n) is 9.66. The lowest BCUT2D eigenvalue weighted by Crippen LogP contribution is -2.30. The van der Waals surface area contributed by atoms with Crippen molar-refractivity contribution in [1.82, 2.24) is 4.90 Å². The van der Waals surface area contributed by atoms with Crippen molar-refractivity contribution in [2.24, 2.45) is 11.7 Å². The van der Waals surface area contributed by atoms with E-state index in [2.05, 4.69) is 4.90 Å². The number of likely N-dealkylation sites (tertiary alicyclic amines) is 1. The van der Waals surface area contributed by atoms with Gasteiger partial charge in [-0.05, 0) is 51.2 Å². The molecule has 2 aliphatic rings. The van der Waals surface area contributed by atoms with E-state index < -0.39 is 0 Å². The first-order valence-corrected chi connectivity index (χ1v) is 6.44. The Bertz CT molecular complexity index is 180. The van der Waals surface area contributed by atoms with Crippen molar-refractivity contribution in [3.05, 3.63) is 0 Å². The number of nitrogens with two attached hydrogens (primary N) is 1. The second-order valence-electron chi connectivity index (χ2n) is 4.88. The third-order valence-electron chi connectivity index (χ3n) is 3.83. The molecule has 0 spiro atoms. The highest BCUT2D eigenvalue weighted by Crippen LogP contribution is 2.27. The van der Waals surface area contributed by atoms with Gasteiger partial charge in [0.25, 0.3) is 0 Å². The van der Waals surface area contributed by atoms with Gasteiger partial charge in [0.2, 0.25) is 0 Å². The molecule has 1 aliphatic carbocycles. The van der Waals surface area contributed by atoms with Crippen LogP contribution in [0.5, 0.6) is 0 Å². The van der Waals surface area contributed by atoms with E-state index in [-0.39, 0.29) is 0 Å². The lowest BCUT2D eigenvalue weighted by Gasteiger charge is -2.21. The molecule has 2 fully saturated rings. The van der Waals surface area contributed by atoms with E-state index >= 15 is 0 Å². The van der Waals surface area contributed by atoms with Gasteiger partial charge in [-0.25, -0.2) is 0 Å². The van der Waals surface area contributed by atoms with E-state index in [4.69, 9.17) is 10.5 Å². The Morgan fingerprint density at radius 3 is 2.67 bits per heavy atom. The Labute approximate surface area is 93.0 Å². The van der Waals surface area contributed by atoms with Crippen LogP contribution in [0.15, 0.2) is 0 Å². The van der Waals surface area contributed by atoms with Crippen LogP contribution in [-0.2, 0) is 4.74 Å². The molecule has 1 saturated heterocycles. The standard InChI is InChI=1S/C12H24N2O/c13-10-11-4-3-5-12(11)15-9-8-14-6-1-2-7-14/h11-12H,1-10,13H2. The Kier molecular flexibility index (Phi) is 4.42. The second-order valence-corrected chi connectivity index (χ2v) is 4.88. The minimum atomic E-state index is 0.456. The van der Waals surface area contributed by atoms with E-state index in [1.165, 1.54) is 45.2 Å². The minimum absolute atomic E-state index is 0.456. The summed E-state index contributed by atoms with van der Waals surface area (Å²) < 4.78 is 5.95. The third-order valence-corrected chi connectivity index (χ3v) is 3.83. The van der Waals surface area contributed by atoms with E-state index in [1.54, 1.807) is 0 Å². The van der Waals surface area contributed by atoms with Crippen LogP contribution in [0.3, 0.4) is 0 Å². The van der Waals surface area contributed by atoms with Gasteiger partial charge in [0.15, 0.2) is 0 Å². The van der Waals surface area contributed by atoms with Gasteiger partial charge in [0, 0.05) is 6.54 Å². The minimum Gasteiger partial charge on any atom is -0.377 e. The maximum absolute atomic E-state index is 5.95. The lowest BCUT2D eigenvalue weighted by atomic mass is 10.1. The maximum Gasteiger partial charge on any atom is 0.0616 e. The predicted molar refractivity (Wildman–Crippen MR) is 61.8 cm³/mol. The van der Waals surface area contributed by atoms with E-state index in [1.807, 2.05) is 0 Å². The molecule has 0 aromatic carbocycles. The first-order valence-electron chi connectivity index (χ1n) is 6.44. The van der Waals surface area contributed by atoms with Crippen LogP contribution in [0.2, 0.25) is 0 Å². The van der Waals surface area contributed by atoms with Crippen molar-refractivity contribution in [2.75, 3.05) is 32.8 Å². The summed E-state index contributed by atoms with van der Waals surface area (Å²) in [6.07, 6.45) is 6.99. The van der Waals surface area contributed by atoms with Crippen LogP contribution in [-0.4, -0.2) is 43.8 Å². The SMILES string of the molecule is NCC1CCCC1OCCN1CCCC1. The van der Waals surface area contributed by atoms with Crippen LogP contribution in [0.25, 0.3) is 0 Å². The van der Waals surface area contributed by atoms with Crippen molar-refractivity contribution in [1.29, 1.82) is 0 Å². The van der Waals surface area contributed by atoms with Gasteiger partial charge < -0.3 is 15.4 Å². The molecule has 1 saturated carbocycles. The van der Waals surface area contributed by atoms with Crippen molar-refractivity contribution < 1.29 is 4.74 Å². The first kappa shape index (κ1) is 11.4. The van der Waals surface area contributed by atoms with Crippen molar-refractivity contribution >= 4 is 0 Å². The van der Waals surface area contributed by atoms with Gasteiger partial charge >= 0.3 is 0 Å². The van der Waals surface area contributed by atoms with Crippen LogP contribution >= 0.6 is 0 Å². The fraction of sp³-hybridized carbons (Fsp3) is 1.00. The van der Waals surface area contributed by atoms with Gasteiger partial charge in [-0.15, -0.1) is 0 Å². The van der Waals surface area contributed by atoms with Gasteiger partial charge in [0.1, 0.15) is 0 Å². The van der Waals surface area contributed by atoms with Crippen molar-refractivity contribution in [3.63, 3.8) is 0 Å². The maximum atomic E-state index is 5.95. The quantitative estimate of drug-likeness (QED) is 0.745. The summed E-state index contributed by atoms with van der Waals surface area (Å²) >= 11 is 0. The Morgan fingerprint density at radius 1 is 1.13 bits per heavy atom. The molecule has 2 N–H and O–H groups in total. The van der Waals surface area contributed by atoms with Gasteiger partial charge in [0.05, 0.1) is 12.7 Å². The highest BCUT2D eigenvalue weighted by Gasteiger charge is 2.26. The molecule has 15 heavy (non-hydrogen) atoms. The number of rotatable bonds is 5. The van der Waals surface area contributed by atoms with E-state index in [0.717, 1.165) is 19.7 Å². The monoisotopic (exact) mass is 212 g/mol. The molecule has 88 valence electrons. The summed E-state index contributed by atoms with van der Waals surface area (Å²) in [5, 5.41) is 0. The van der Waals surface area contributed by atoms with Crippen LogP contribution in [0, 0.1) is 5.92 Å². The van der Waals surface area contributed by atoms with Crippen molar-refractivity contribution in [3.8, 4) is 0 Å². The summed E-state index contributed by atoms with van der Waals surface area (Å²) in [5.41, 5.74) is 5.73. The molecular weight excluding hydrogens is 188 g/mol. The molecule has 3 nitrogen and oxygen atoms in total. The van der Waals surface area contributed by atoms with Crippen molar-refractivity contribution in [2.45, 2.75) is 38.2 Å². The average molecular weight is 212 g/mol. The smallest absolute Gasteiger partial charge is 0.0616 e. The number of hydrogen-bond acceptors (Lipinski definition) is 3. The molecule has 0 amide bonds. The topological polar surface area (TPSA) is 38.5 Å². The molecule has 2 rings (SSSR count). The zero-order chi connectivity index (χ0) is 10.5. The molecule has 1 aliphatic heterocycles.